The molecule has 92 valence electrons. The Kier molecular flexibility index (Phi) is 3.38. The lowest BCUT2D eigenvalue weighted by molar-refractivity contribution is 0.0601. The van der Waals surface area contributed by atoms with Crippen LogP contribution in [-0.2, 0) is 4.74 Å². The maximum Gasteiger partial charge on any atom is 0.337 e. The van der Waals surface area contributed by atoms with E-state index < -0.39 is 0 Å². The Morgan fingerprint density at radius 2 is 2.00 bits per heavy atom. The molecule has 0 saturated carbocycles. The van der Waals surface area contributed by atoms with Gasteiger partial charge in [0.05, 0.1) is 12.7 Å². The monoisotopic (exact) mass is 244 g/mol. The number of rotatable bonds is 3. The number of methoxy groups -OCH3 is 1. The molecule has 18 heavy (non-hydrogen) atoms. The molecule has 0 amide bonds. The van der Waals surface area contributed by atoms with Gasteiger partial charge in [-0.15, -0.1) is 0 Å². The average Bonchev–Trinajstić information content (AvgIpc) is 2.39. The van der Waals surface area contributed by atoms with Crippen molar-refractivity contribution in [2.24, 2.45) is 0 Å². The molecule has 0 bridgehead atoms. The molecule has 0 atom stereocenters. The molecule has 0 aliphatic heterocycles. The Morgan fingerprint density at radius 1 is 1.28 bits per heavy atom. The number of nitrogens with two attached hydrogens (primary N) is 1. The normalized spacial score (nSPS) is 9.83. The van der Waals surface area contributed by atoms with E-state index in [0.717, 1.165) is 5.69 Å². The van der Waals surface area contributed by atoms with Crippen LogP contribution in [0.2, 0.25) is 0 Å². The van der Waals surface area contributed by atoms with Crippen molar-refractivity contribution in [3.05, 3.63) is 42.1 Å². The van der Waals surface area contributed by atoms with Crippen molar-refractivity contribution in [2.75, 3.05) is 18.2 Å². The third-order valence-electron chi connectivity index (χ3n) is 2.25. The summed E-state index contributed by atoms with van der Waals surface area (Å²) >= 11 is 0. The van der Waals surface area contributed by atoms with Gasteiger partial charge >= 0.3 is 5.97 Å². The molecule has 0 fully saturated rings. The smallest absolute Gasteiger partial charge is 0.337 e. The Labute approximate surface area is 104 Å². The molecule has 0 unspecified atom stereocenters. The van der Waals surface area contributed by atoms with E-state index in [9.17, 15) is 4.79 Å². The fourth-order valence-corrected chi connectivity index (χ4v) is 1.40. The van der Waals surface area contributed by atoms with Gasteiger partial charge in [-0.2, -0.15) is 4.98 Å². The molecule has 2 rings (SSSR count). The zero-order valence-corrected chi connectivity index (χ0v) is 9.75. The quantitative estimate of drug-likeness (QED) is 0.797. The van der Waals surface area contributed by atoms with Gasteiger partial charge in [0.15, 0.2) is 0 Å². The van der Waals surface area contributed by atoms with Gasteiger partial charge in [-0.3, -0.25) is 0 Å². The molecule has 0 saturated heterocycles. The molecule has 6 nitrogen and oxygen atoms in total. The molecule has 1 heterocycles. The zero-order valence-electron chi connectivity index (χ0n) is 9.75. The highest BCUT2D eigenvalue weighted by Gasteiger charge is 2.04. The summed E-state index contributed by atoms with van der Waals surface area (Å²) in [5.41, 5.74) is 6.75. The number of nitrogen functional groups attached to an aromatic ring is 1. The molecule has 0 radical (unpaired) electrons. The van der Waals surface area contributed by atoms with Gasteiger partial charge in [0, 0.05) is 11.9 Å². The molecule has 6 heteroatoms. The van der Waals surface area contributed by atoms with Crippen LogP contribution in [0.5, 0.6) is 0 Å². The van der Waals surface area contributed by atoms with Crippen molar-refractivity contribution in [1.29, 1.82) is 0 Å². The predicted octanol–water partition coefficient (Wildman–Crippen LogP) is 1.59. The van der Waals surface area contributed by atoms with Gasteiger partial charge in [0.2, 0.25) is 5.95 Å². The zero-order chi connectivity index (χ0) is 13.0. The van der Waals surface area contributed by atoms with Crippen LogP contribution in [0.15, 0.2) is 36.5 Å². The summed E-state index contributed by atoms with van der Waals surface area (Å²) in [5.74, 6) is 0.423. The molecule has 2 aromatic rings. The number of ether oxygens (including phenoxy) is 1. The first-order valence-corrected chi connectivity index (χ1v) is 5.23. The van der Waals surface area contributed by atoms with Crippen LogP contribution in [-0.4, -0.2) is 23.0 Å². The molecule has 0 aliphatic rings. The molecule has 0 aliphatic carbocycles. The number of aromatic nitrogens is 2. The van der Waals surface area contributed by atoms with E-state index >= 15 is 0 Å². The number of carbonyl (C=O) groups is 1. The van der Waals surface area contributed by atoms with Gasteiger partial charge in [-0.25, -0.2) is 9.78 Å². The van der Waals surface area contributed by atoms with Gasteiger partial charge in [-0.1, -0.05) is 0 Å². The van der Waals surface area contributed by atoms with Gasteiger partial charge in [-0.05, 0) is 30.3 Å². The minimum atomic E-state index is -0.368. The highest BCUT2D eigenvalue weighted by molar-refractivity contribution is 5.89. The minimum Gasteiger partial charge on any atom is -0.465 e. The summed E-state index contributed by atoms with van der Waals surface area (Å²) in [6, 6.07) is 8.54. The number of hydrogen-bond acceptors (Lipinski definition) is 6. The molecular weight excluding hydrogens is 232 g/mol. The number of hydrogen-bond donors (Lipinski definition) is 2. The lowest BCUT2D eigenvalue weighted by Crippen LogP contribution is -2.02. The van der Waals surface area contributed by atoms with E-state index in [1.807, 2.05) is 0 Å². The fraction of sp³-hybridized carbons (Fsp3) is 0.0833. The fourth-order valence-electron chi connectivity index (χ4n) is 1.40. The third kappa shape index (κ3) is 2.73. The number of carbonyl (C=O) groups excluding carboxylic acids is 1. The Morgan fingerprint density at radius 3 is 2.61 bits per heavy atom. The van der Waals surface area contributed by atoms with E-state index in [4.69, 9.17) is 5.73 Å². The molecule has 1 aromatic heterocycles. The van der Waals surface area contributed by atoms with E-state index in [2.05, 4.69) is 20.0 Å². The SMILES string of the molecule is COC(=O)c1ccc(Nc2ccnc(N)n2)cc1. The van der Waals surface area contributed by atoms with E-state index in [1.54, 1.807) is 36.5 Å². The second-order valence-corrected chi connectivity index (χ2v) is 3.49. The standard InChI is InChI=1S/C12H12N4O2/c1-18-11(17)8-2-4-9(5-3-8)15-10-6-7-14-12(13)16-10/h2-7H,1H3,(H3,13,14,15,16). The van der Waals surface area contributed by atoms with Crippen molar-refractivity contribution in [2.45, 2.75) is 0 Å². The second kappa shape index (κ2) is 5.13. The summed E-state index contributed by atoms with van der Waals surface area (Å²) in [7, 11) is 1.35. The Hall–Kier alpha value is -2.63. The largest absolute Gasteiger partial charge is 0.465 e. The topological polar surface area (TPSA) is 90.1 Å². The van der Waals surface area contributed by atoms with Crippen LogP contribution in [0, 0.1) is 0 Å². The maximum atomic E-state index is 11.2. The van der Waals surface area contributed by atoms with Crippen molar-refractivity contribution in [3.63, 3.8) is 0 Å². The molecule has 3 N–H and O–H groups in total. The van der Waals surface area contributed by atoms with Gasteiger partial charge < -0.3 is 15.8 Å². The second-order valence-electron chi connectivity index (χ2n) is 3.49. The van der Waals surface area contributed by atoms with E-state index in [0.29, 0.717) is 11.4 Å². The minimum absolute atomic E-state index is 0.200. The van der Waals surface area contributed by atoms with Crippen LogP contribution in [0.3, 0.4) is 0 Å². The van der Waals surface area contributed by atoms with Crippen molar-refractivity contribution < 1.29 is 9.53 Å². The number of esters is 1. The van der Waals surface area contributed by atoms with Crippen molar-refractivity contribution in [3.8, 4) is 0 Å². The molecular formula is C12H12N4O2. The first-order chi connectivity index (χ1) is 8.69. The first-order valence-electron chi connectivity index (χ1n) is 5.23. The summed E-state index contributed by atoms with van der Waals surface area (Å²) < 4.78 is 4.61. The maximum absolute atomic E-state index is 11.2. The predicted molar refractivity (Wildman–Crippen MR) is 67.5 cm³/mol. The van der Waals surface area contributed by atoms with E-state index in [1.165, 1.54) is 7.11 Å². The van der Waals surface area contributed by atoms with Crippen molar-refractivity contribution >= 4 is 23.4 Å². The third-order valence-corrected chi connectivity index (χ3v) is 2.25. The highest BCUT2D eigenvalue weighted by Crippen LogP contribution is 2.15. The van der Waals surface area contributed by atoms with E-state index in [-0.39, 0.29) is 11.9 Å². The van der Waals surface area contributed by atoms with Gasteiger partial charge in [0.25, 0.3) is 0 Å². The summed E-state index contributed by atoms with van der Waals surface area (Å²) in [5, 5.41) is 3.05. The Balaban J connectivity index is 2.13. The lowest BCUT2D eigenvalue weighted by atomic mass is 10.2. The number of anilines is 3. The number of benzene rings is 1. The van der Waals surface area contributed by atoms with Crippen LogP contribution in [0.4, 0.5) is 17.5 Å². The first kappa shape index (κ1) is 11.8. The van der Waals surface area contributed by atoms with Crippen LogP contribution in [0.25, 0.3) is 0 Å². The summed E-state index contributed by atoms with van der Waals surface area (Å²) in [6.45, 7) is 0. The van der Waals surface area contributed by atoms with Gasteiger partial charge in [0.1, 0.15) is 5.82 Å². The summed E-state index contributed by atoms with van der Waals surface area (Å²) in [6.07, 6.45) is 1.56. The highest BCUT2D eigenvalue weighted by atomic mass is 16.5. The Bertz CT molecular complexity index is 554. The average molecular weight is 244 g/mol. The van der Waals surface area contributed by atoms with Crippen LogP contribution >= 0.6 is 0 Å². The van der Waals surface area contributed by atoms with Crippen molar-refractivity contribution in [1.82, 2.24) is 9.97 Å². The number of nitrogens with one attached hydrogen (secondary N) is 1. The van der Waals surface area contributed by atoms with Crippen LogP contribution < -0.4 is 11.1 Å². The van der Waals surface area contributed by atoms with Crippen LogP contribution in [0.1, 0.15) is 10.4 Å². The summed E-state index contributed by atoms with van der Waals surface area (Å²) in [4.78, 5) is 19.0. The molecule has 0 spiro atoms. The number of nitrogens with zero attached hydrogens (tertiary/aromatic N) is 2. The molecule has 1 aromatic carbocycles. The lowest BCUT2D eigenvalue weighted by Gasteiger charge is -2.06.